The Morgan fingerprint density at radius 3 is 2.15 bits per heavy atom. The number of ether oxygens (including phenoxy) is 3. The molecule has 0 aliphatic carbocycles. The van der Waals surface area contributed by atoms with Crippen molar-refractivity contribution in [1.82, 2.24) is 0 Å². The van der Waals surface area contributed by atoms with Crippen molar-refractivity contribution in [1.29, 1.82) is 0 Å². The quantitative estimate of drug-likeness (QED) is 0.879. The minimum Gasteiger partial charge on any atom is -0.497 e. The lowest BCUT2D eigenvalue weighted by Gasteiger charge is -2.12. The monoisotopic (exact) mass is 273 g/mol. The first-order chi connectivity index (χ1) is 9.76. The molecule has 0 bridgehead atoms. The lowest BCUT2D eigenvalue weighted by molar-refractivity contribution is 0.302. The van der Waals surface area contributed by atoms with Crippen LogP contribution in [-0.4, -0.2) is 14.2 Å². The van der Waals surface area contributed by atoms with Crippen LogP contribution < -0.4 is 19.9 Å². The van der Waals surface area contributed by atoms with Gasteiger partial charge in [0.1, 0.15) is 23.9 Å². The van der Waals surface area contributed by atoms with E-state index in [1.54, 1.807) is 14.2 Å². The third-order valence-corrected chi connectivity index (χ3v) is 3.04. The van der Waals surface area contributed by atoms with E-state index >= 15 is 0 Å². The molecule has 2 aromatic rings. The maximum Gasteiger partial charge on any atom is 0.124 e. The molecule has 106 valence electrons. The van der Waals surface area contributed by atoms with E-state index in [1.165, 1.54) is 0 Å². The average molecular weight is 273 g/mol. The molecular formula is C16H19NO3. The molecule has 0 fully saturated rings. The number of methoxy groups -OCH3 is 2. The van der Waals surface area contributed by atoms with Gasteiger partial charge in [-0.05, 0) is 35.9 Å². The summed E-state index contributed by atoms with van der Waals surface area (Å²) in [6, 6.07) is 13.4. The minimum absolute atomic E-state index is 0.412. The SMILES string of the molecule is COc1ccc(COc2ccc(OC)cc2CN)cc1. The Kier molecular flexibility index (Phi) is 4.85. The minimum atomic E-state index is 0.412. The lowest BCUT2D eigenvalue weighted by Crippen LogP contribution is -2.03. The number of rotatable bonds is 6. The van der Waals surface area contributed by atoms with Crippen molar-refractivity contribution in [2.75, 3.05) is 14.2 Å². The van der Waals surface area contributed by atoms with E-state index in [1.807, 2.05) is 42.5 Å². The van der Waals surface area contributed by atoms with Gasteiger partial charge in [0, 0.05) is 12.1 Å². The summed E-state index contributed by atoms with van der Waals surface area (Å²) in [5.41, 5.74) is 7.73. The van der Waals surface area contributed by atoms with Crippen molar-refractivity contribution in [2.24, 2.45) is 5.73 Å². The van der Waals surface area contributed by atoms with Crippen LogP contribution in [0, 0.1) is 0 Å². The predicted molar refractivity (Wildman–Crippen MR) is 78.2 cm³/mol. The Morgan fingerprint density at radius 2 is 1.55 bits per heavy atom. The Morgan fingerprint density at radius 1 is 0.900 bits per heavy atom. The zero-order valence-corrected chi connectivity index (χ0v) is 11.8. The third-order valence-electron chi connectivity index (χ3n) is 3.04. The van der Waals surface area contributed by atoms with Crippen LogP contribution in [0.4, 0.5) is 0 Å². The normalized spacial score (nSPS) is 10.2. The molecule has 20 heavy (non-hydrogen) atoms. The summed E-state index contributed by atoms with van der Waals surface area (Å²) in [6.45, 7) is 0.901. The van der Waals surface area contributed by atoms with E-state index in [2.05, 4.69) is 0 Å². The Hall–Kier alpha value is -2.20. The van der Waals surface area contributed by atoms with Crippen LogP contribution in [0.3, 0.4) is 0 Å². The highest BCUT2D eigenvalue weighted by atomic mass is 16.5. The van der Waals surface area contributed by atoms with Crippen LogP contribution in [0.25, 0.3) is 0 Å². The number of nitrogens with two attached hydrogens (primary N) is 1. The molecule has 0 aliphatic heterocycles. The second kappa shape index (κ2) is 6.82. The first-order valence-corrected chi connectivity index (χ1v) is 6.39. The van der Waals surface area contributed by atoms with Crippen LogP contribution in [0.1, 0.15) is 11.1 Å². The first-order valence-electron chi connectivity index (χ1n) is 6.39. The fraction of sp³-hybridized carbons (Fsp3) is 0.250. The van der Waals surface area contributed by atoms with E-state index in [-0.39, 0.29) is 0 Å². The molecule has 0 heterocycles. The van der Waals surface area contributed by atoms with E-state index in [0.29, 0.717) is 13.2 Å². The van der Waals surface area contributed by atoms with Gasteiger partial charge in [0.25, 0.3) is 0 Å². The van der Waals surface area contributed by atoms with Gasteiger partial charge in [0.05, 0.1) is 14.2 Å². The second-order valence-corrected chi connectivity index (χ2v) is 4.31. The van der Waals surface area contributed by atoms with E-state index in [9.17, 15) is 0 Å². The molecule has 2 aromatic carbocycles. The highest BCUT2D eigenvalue weighted by Gasteiger charge is 2.05. The third kappa shape index (κ3) is 3.42. The molecule has 0 radical (unpaired) electrons. The van der Waals surface area contributed by atoms with Crippen LogP contribution >= 0.6 is 0 Å². The van der Waals surface area contributed by atoms with Crippen LogP contribution in [0.15, 0.2) is 42.5 Å². The average Bonchev–Trinajstić information content (AvgIpc) is 2.53. The topological polar surface area (TPSA) is 53.7 Å². The van der Waals surface area contributed by atoms with Crippen LogP contribution in [0.5, 0.6) is 17.2 Å². The van der Waals surface area contributed by atoms with Crippen molar-refractivity contribution >= 4 is 0 Å². The Labute approximate surface area is 119 Å². The van der Waals surface area contributed by atoms with Gasteiger partial charge in [-0.25, -0.2) is 0 Å². The van der Waals surface area contributed by atoms with Gasteiger partial charge >= 0.3 is 0 Å². The van der Waals surface area contributed by atoms with E-state index in [4.69, 9.17) is 19.9 Å². The fourth-order valence-electron chi connectivity index (χ4n) is 1.87. The van der Waals surface area contributed by atoms with Gasteiger partial charge in [-0.3, -0.25) is 0 Å². The summed E-state index contributed by atoms with van der Waals surface area (Å²) in [4.78, 5) is 0. The Balaban J connectivity index is 2.05. The second-order valence-electron chi connectivity index (χ2n) is 4.31. The lowest BCUT2D eigenvalue weighted by atomic mass is 10.2. The standard InChI is InChI=1S/C16H19NO3/c1-18-14-5-3-12(4-6-14)11-20-16-8-7-15(19-2)9-13(16)10-17/h3-9H,10-11,17H2,1-2H3. The first kappa shape index (κ1) is 14.2. The van der Waals surface area contributed by atoms with Crippen LogP contribution in [0.2, 0.25) is 0 Å². The summed E-state index contributed by atoms with van der Waals surface area (Å²) < 4.78 is 16.1. The molecule has 2 N–H and O–H groups in total. The molecule has 2 rings (SSSR count). The summed E-state index contributed by atoms with van der Waals surface area (Å²) in [5.74, 6) is 2.40. The van der Waals surface area contributed by atoms with Crippen molar-refractivity contribution in [3.05, 3.63) is 53.6 Å². The Bertz CT molecular complexity index is 552. The van der Waals surface area contributed by atoms with Gasteiger partial charge in [-0.1, -0.05) is 12.1 Å². The largest absolute Gasteiger partial charge is 0.497 e. The number of hydrogen-bond acceptors (Lipinski definition) is 4. The molecule has 0 amide bonds. The molecule has 0 unspecified atom stereocenters. The van der Waals surface area contributed by atoms with Crippen molar-refractivity contribution < 1.29 is 14.2 Å². The van der Waals surface area contributed by atoms with Crippen LogP contribution in [-0.2, 0) is 13.2 Å². The molecule has 0 atom stereocenters. The van der Waals surface area contributed by atoms with Gasteiger partial charge in [-0.2, -0.15) is 0 Å². The zero-order valence-electron chi connectivity index (χ0n) is 11.8. The molecule has 4 heteroatoms. The summed E-state index contributed by atoms with van der Waals surface area (Å²) in [5, 5.41) is 0. The van der Waals surface area contributed by atoms with Gasteiger partial charge in [0.15, 0.2) is 0 Å². The maximum atomic E-state index is 5.81. The maximum absolute atomic E-state index is 5.81. The molecule has 0 aliphatic rings. The predicted octanol–water partition coefficient (Wildman–Crippen LogP) is 2.74. The van der Waals surface area contributed by atoms with E-state index < -0.39 is 0 Å². The molecular weight excluding hydrogens is 254 g/mol. The number of benzene rings is 2. The summed E-state index contributed by atoms with van der Waals surface area (Å²) in [7, 11) is 3.28. The van der Waals surface area contributed by atoms with E-state index in [0.717, 1.165) is 28.4 Å². The zero-order chi connectivity index (χ0) is 14.4. The molecule has 0 aromatic heterocycles. The summed E-state index contributed by atoms with van der Waals surface area (Å²) >= 11 is 0. The van der Waals surface area contributed by atoms with Crippen molar-refractivity contribution in [3.8, 4) is 17.2 Å². The van der Waals surface area contributed by atoms with Gasteiger partial charge < -0.3 is 19.9 Å². The molecule has 0 saturated carbocycles. The smallest absolute Gasteiger partial charge is 0.124 e. The molecule has 0 saturated heterocycles. The molecule has 4 nitrogen and oxygen atoms in total. The highest BCUT2D eigenvalue weighted by Crippen LogP contribution is 2.24. The molecule has 0 spiro atoms. The summed E-state index contributed by atoms with van der Waals surface area (Å²) in [6.07, 6.45) is 0. The van der Waals surface area contributed by atoms with Gasteiger partial charge in [0.2, 0.25) is 0 Å². The van der Waals surface area contributed by atoms with Gasteiger partial charge in [-0.15, -0.1) is 0 Å². The number of hydrogen-bond donors (Lipinski definition) is 1. The highest BCUT2D eigenvalue weighted by molar-refractivity contribution is 5.40. The fourth-order valence-corrected chi connectivity index (χ4v) is 1.87. The van der Waals surface area contributed by atoms with Crippen molar-refractivity contribution in [3.63, 3.8) is 0 Å². The van der Waals surface area contributed by atoms with Crippen molar-refractivity contribution in [2.45, 2.75) is 13.2 Å².